The van der Waals surface area contributed by atoms with Gasteiger partial charge in [0.25, 0.3) is 10.0 Å². The van der Waals surface area contributed by atoms with Gasteiger partial charge in [0.15, 0.2) is 11.5 Å². The van der Waals surface area contributed by atoms with Crippen LogP contribution in [0.3, 0.4) is 0 Å². The molecule has 0 spiro atoms. The van der Waals surface area contributed by atoms with Crippen LogP contribution in [0, 0.1) is 12.7 Å². The number of halogens is 1. The van der Waals surface area contributed by atoms with Crippen molar-refractivity contribution in [2.45, 2.75) is 63.1 Å². The Balaban J connectivity index is 1.27. The van der Waals surface area contributed by atoms with Crippen molar-refractivity contribution < 1.29 is 31.8 Å². The minimum absolute atomic E-state index is 0.0892. The number of hydrogen-bond acceptors (Lipinski definition) is 10. The average molecular weight is 748 g/mol. The van der Waals surface area contributed by atoms with Crippen molar-refractivity contribution in [3.05, 3.63) is 83.4 Å². The molecule has 4 heterocycles. The van der Waals surface area contributed by atoms with Crippen molar-refractivity contribution in [3.8, 4) is 21.7 Å². The summed E-state index contributed by atoms with van der Waals surface area (Å²) >= 11 is 1.33. The second-order valence-corrected chi connectivity index (χ2v) is 17.1. The molecule has 7 rings (SSSR count). The second-order valence-electron chi connectivity index (χ2n) is 14.3. The first-order valence-corrected chi connectivity index (χ1v) is 19.5. The van der Waals surface area contributed by atoms with Crippen LogP contribution >= 0.6 is 11.3 Å². The van der Waals surface area contributed by atoms with Gasteiger partial charge in [-0.15, -0.1) is 11.3 Å². The van der Waals surface area contributed by atoms with Crippen molar-refractivity contribution >= 4 is 44.2 Å². The smallest absolute Gasteiger partial charge is 0.410 e. The molecule has 0 N–H and O–H groups in total. The number of anilines is 1. The lowest BCUT2D eigenvalue weighted by Gasteiger charge is -2.39. The number of carbonyl (C=O) groups excluding carboxylic acids is 1. The number of aryl methyl sites for hydroxylation is 1. The summed E-state index contributed by atoms with van der Waals surface area (Å²) in [6.45, 7) is 9.80. The van der Waals surface area contributed by atoms with Gasteiger partial charge in [-0.25, -0.2) is 31.5 Å². The van der Waals surface area contributed by atoms with Crippen molar-refractivity contribution in [1.82, 2.24) is 18.8 Å². The lowest BCUT2D eigenvalue weighted by atomic mass is 9.80. The molecule has 0 unspecified atom stereocenters. The van der Waals surface area contributed by atoms with Gasteiger partial charge in [0, 0.05) is 56.1 Å². The molecule has 1 aliphatic carbocycles. The number of carbonyl (C=O) groups is 1. The highest BCUT2D eigenvalue weighted by Crippen LogP contribution is 2.48. The summed E-state index contributed by atoms with van der Waals surface area (Å²) in [6, 6.07) is 15.9. The first kappa shape index (κ1) is 36.0. The lowest BCUT2D eigenvalue weighted by molar-refractivity contribution is -0.171. The minimum Gasteiger partial charge on any atom is -0.444 e. The molecule has 52 heavy (non-hydrogen) atoms. The summed E-state index contributed by atoms with van der Waals surface area (Å²) in [5.41, 5.74) is 2.00. The van der Waals surface area contributed by atoms with Crippen LogP contribution in [0.2, 0.25) is 0 Å². The van der Waals surface area contributed by atoms with E-state index in [-0.39, 0.29) is 29.0 Å². The normalized spacial score (nSPS) is 16.3. The van der Waals surface area contributed by atoms with Crippen LogP contribution in [0.1, 0.15) is 50.6 Å². The molecule has 11 nitrogen and oxygen atoms in total. The molecule has 0 radical (unpaired) electrons. The number of benzene rings is 2. The van der Waals surface area contributed by atoms with Gasteiger partial charge in [0.2, 0.25) is 0 Å². The maximum Gasteiger partial charge on any atom is 0.410 e. The van der Waals surface area contributed by atoms with Crippen LogP contribution in [-0.2, 0) is 29.8 Å². The first-order chi connectivity index (χ1) is 24.8. The molecule has 1 aliphatic heterocycles. The van der Waals surface area contributed by atoms with Gasteiger partial charge in [-0.3, -0.25) is 0 Å². The predicted octanol–water partition coefficient (Wildman–Crippen LogP) is 7.57. The zero-order valence-electron chi connectivity index (χ0n) is 29.9. The van der Waals surface area contributed by atoms with E-state index in [0.29, 0.717) is 47.7 Å². The standard InChI is InChI=1S/C38H42FN5O6S2/c1-25-7-13-28(14-8-25)52(46,47)44-31(26-9-11-27(12-10-26)42-17-19-43(20-18-42)36(45)50-37(2,3)4)21-29-33(30(39)22-40-34(29)44)32-23-41-35(51-32)38(15-6-16-38)49-24-48-5/h7-14,21-23H,6,15-20,24H2,1-5H3. The molecule has 1 amide bonds. The highest BCUT2D eigenvalue weighted by molar-refractivity contribution is 7.90. The van der Waals surface area contributed by atoms with Crippen LogP contribution in [0.5, 0.6) is 0 Å². The summed E-state index contributed by atoms with van der Waals surface area (Å²) in [4.78, 5) is 26.1. The molecular formula is C38H42FN5O6S2. The number of thiazole rings is 1. The van der Waals surface area contributed by atoms with Crippen LogP contribution in [0.25, 0.3) is 32.7 Å². The van der Waals surface area contributed by atoms with Gasteiger partial charge >= 0.3 is 6.09 Å². The minimum atomic E-state index is -4.18. The monoisotopic (exact) mass is 747 g/mol. The highest BCUT2D eigenvalue weighted by Gasteiger charge is 2.43. The van der Waals surface area contributed by atoms with Gasteiger partial charge < -0.3 is 24.0 Å². The molecular weight excluding hydrogens is 706 g/mol. The quantitative estimate of drug-likeness (QED) is 0.141. The van der Waals surface area contributed by atoms with Crippen LogP contribution in [0.4, 0.5) is 14.9 Å². The van der Waals surface area contributed by atoms with Crippen molar-refractivity contribution in [3.63, 3.8) is 0 Å². The molecule has 0 bridgehead atoms. The summed E-state index contributed by atoms with van der Waals surface area (Å²) in [5, 5.41) is 1.08. The maximum atomic E-state index is 15.9. The Kier molecular flexibility index (Phi) is 9.61. The second kappa shape index (κ2) is 13.9. The SMILES string of the molecule is COCOC1(c2ncc(-c3c(F)cnc4c3cc(-c3ccc(N5CCN(C(=O)OC(C)(C)C)CC5)cc3)n4S(=O)(=O)c3ccc(C)cc3)s2)CCC1. The molecule has 2 aliphatic rings. The van der Waals surface area contributed by atoms with E-state index in [1.807, 2.05) is 52.0 Å². The number of nitrogens with zero attached hydrogens (tertiary/aromatic N) is 5. The summed E-state index contributed by atoms with van der Waals surface area (Å²) in [5.74, 6) is -0.583. The average Bonchev–Trinajstić information content (AvgIpc) is 3.74. The highest BCUT2D eigenvalue weighted by atomic mass is 32.2. The Hall–Kier alpha value is -4.37. The summed E-state index contributed by atoms with van der Waals surface area (Å²) in [7, 11) is -2.62. The van der Waals surface area contributed by atoms with E-state index in [2.05, 4.69) is 14.9 Å². The molecule has 274 valence electrons. The van der Waals surface area contributed by atoms with Crippen LogP contribution in [-0.4, -0.2) is 79.0 Å². The van der Waals surface area contributed by atoms with Crippen molar-refractivity contribution in [1.29, 1.82) is 0 Å². The Morgan fingerprint density at radius 3 is 2.29 bits per heavy atom. The molecule has 0 atom stereocenters. The topological polar surface area (TPSA) is 116 Å². The Bertz CT molecular complexity index is 2200. The Morgan fingerprint density at radius 1 is 0.981 bits per heavy atom. The fourth-order valence-electron chi connectivity index (χ4n) is 6.62. The molecule has 2 aromatic carbocycles. The molecule has 3 aromatic heterocycles. The van der Waals surface area contributed by atoms with Crippen LogP contribution < -0.4 is 4.90 Å². The van der Waals surface area contributed by atoms with Crippen LogP contribution in [0.15, 0.2) is 71.9 Å². The Morgan fingerprint density at radius 2 is 1.67 bits per heavy atom. The number of hydrogen-bond donors (Lipinski definition) is 0. The largest absolute Gasteiger partial charge is 0.444 e. The number of amides is 1. The van der Waals surface area contributed by atoms with Gasteiger partial charge in [0.05, 0.1) is 21.7 Å². The molecule has 1 saturated carbocycles. The fourth-order valence-corrected chi connectivity index (χ4v) is 9.28. The lowest BCUT2D eigenvalue weighted by Crippen LogP contribution is -2.50. The van der Waals surface area contributed by atoms with E-state index in [4.69, 9.17) is 14.2 Å². The van der Waals surface area contributed by atoms with Crippen molar-refractivity contribution in [2.24, 2.45) is 0 Å². The zero-order chi connectivity index (χ0) is 36.8. The summed E-state index contributed by atoms with van der Waals surface area (Å²) in [6.07, 6.45) is 4.91. The third-order valence-electron chi connectivity index (χ3n) is 9.52. The first-order valence-electron chi connectivity index (χ1n) is 17.2. The van der Waals surface area contributed by atoms with Gasteiger partial charge in [-0.1, -0.05) is 29.8 Å². The number of aromatic nitrogens is 3. The predicted molar refractivity (Wildman–Crippen MR) is 199 cm³/mol. The van der Waals surface area contributed by atoms with E-state index < -0.39 is 27.0 Å². The van der Waals surface area contributed by atoms with E-state index in [1.54, 1.807) is 48.5 Å². The molecule has 14 heteroatoms. The van der Waals surface area contributed by atoms with Gasteiger partial charge in [-0.05, 0) is 82.9 Å². The fraction of sp³-hybridized carbons (Fsp3) is 0.395. The van der Waals surface area contributed by atoms with Gasteiger partial charge in [-0.2, -0.15) is 0 Å². The number of rotatable bonds is 9. The van der Waals surface area contributed by atoms with Gasteiger partial charge in [0.1, 0.15) is 23.0 Å². The van der Waals surface area contributed by atoms with E-state index in [1.165, 1.54) is 15.3 Å². The molecule has 5 aromatic rings. The van der Waals surface area contributed by atoms with Crippen molar-refractivity contribution in [2.75, 3.05) is 45.0 Å². The Labute approximate surface area is 307 Å². The number of piperazine rings is 1. The number of fused-ring (bicyclic) bond motifs is 1. The van der Waals surface area contributed by atoms with E-state index >= 15 is 4.39 Å². The maximum absolute atomic E-state index is 15.9. The third-order valence-corrected chi connectivity index (χ3v) is 12.4. The third kappa shape index (κ3) is 6.80. The zero-order valence-corrected chi connectivity index (χ0v) is 31.5. The number of pyridine rings is 1. The molecule has 2 fully saturated rings. The number of methoxy groups -OCH3 is 1. The molecule has 1 saturated heterocycles. The number of ether oxygens (including phenoxy) is 3. The van der Waals surface area contributed by atoms with E-state index in [9.17, 15) is 13.2 Å². The van der Waals surface area contributed by atoms with E-state index in [0.717, 1.165) is 41.7 Å². The summed E-state index contributed by atoms with van der Waals surface area (Å²) < 4.78 is 62.8.